The Hall–Kier alpha value is -0.940. The Morgan fingerprint density at radius 2 is 1.81 bits per heavy atom. The summed E-state index contributed by atoms with van der Waals surface area (Å²) >= 11 is 0. The molecule has 1 rings (SSSR count). The fraction of sp³-hybridized carbons (Fsp3) is 0.818. The van der Waals surface area contributed by atoms with Crippen LogP contribution < -0.4 is 5.73 Å². The summed E-state index contributed by atoms with van der Waals surface area (Å²) in [4.78, 5) is 4.29. The van der Waals surface area contributed by atoms with Crippen LogP contribution in [0.25, 0.3) is 0 Å². The predicted molar refractivity (Wildman–Crippen MR) is 60.7 cm³/mol. The summed E-state index contributed by atoms with van der Waals surface area (Å²) in [6.07, 6.45) is 0. The van der Waals surface area contributed by atoms with E-state index in [-0.39, 0.29) is 11.5 Å². The smallest absolute Gasteiger partial charge is 0.244 e. The summed E-state index contributed by atoms with van der Waals surface area (Å²) in [6.45, 7) is 9.85. The zero-order valence-corrected chi connectivity index (χ0v) is 10.9. The molecular weight excluding hydrogens is 206 g/mol. The van der Waals surface area contributed by atoms with Crippen LogP contribution in [0.4, 0.5) is 0 Å². The van der Waals surface area contributed by atoms with Crippen LogP contribution in [-0.4, -0.2) is 17.3 Å². The van der Waals surface area contributed by atoms with Gasteiger partial charge in [-0.05, 0) is 19.3 Å². The second-order valence-electron chi connectivity index (χ2n) is 5.51. The van der Waals surface area contributed by atoms with Crippen LogP contribution >= 0.6 is 0 Å². The molecule has 0 saturated heterocycles. The standard InChI is InChI=1S/C11H21N3O2/c1-10(2,3)7(12)8-13-9(14-16-8)11(4,5)15-6/h7H,12H2,1-6H3/t7-/m0/s1. The van der Waals surface area contributed by atoms with E-state index in [2.05, 4.69) is 10.1 Å². The molecule has 0 fully saturated rings. The van der Waals surface area contributed by atoms with Crippen LogP contribution in [0, 0.1) is 5.41 Å². The minimum Gasteiger partial charge on any atom is -0.371 e. The average molecular weight is 227 g/mol. The lowest BCUT2D eigenvalue weighted by molar-refractivity contribution is 0.00973. The Morgan fingerprint density at radius 3 is 2.25 bits per heavy atom. The van der Waals surface area contributed by atoms with Gasteiger partial charge in [0.15, 0.2) is 0 Å². The maximum Gasteiger partial charge on any atom is 0.244 e. The molecule has 0 bridgehead atoms. The number of nitrogens with zero attached hydrogens (tertiary/aromatic N) is 2. The van der Waals surface area contributed by atoms with Crippen molar-refractivity contribution in [1.29, 1.82) is 0 Å². The van der Waals surface area contributed by atoms with Gasteiger partial charge in [-0.25, -0.2) is 0 Å². The fourth-order valence-electron chi connectivity index (χ4n) is 1.07. The third-order valence-corrected chi connectivity index (χ3v) is 2.69. The summed E-state index contributed by atoms with van der Waals surface area (Å²) in [5, 5.41) is 3.90. The molecule has 0 amide bonds. The van der Waals surface area contributed by atoms with Gasteiger partial charge in [0.2, 0.25) is 11.7 Å². The molecular formula is C11H21N3O2. The molecule has 0 aliphatic heterocycles. The summed E-state index contributed by atoms with van der Waals surface area (Å²) in [6, 6.07) is -0.276. The van der Waals surface area contributed by atoms with Crippen molar-refractivity contribution in [3.63, 3.8) is 0 Å². The van der Waals surface area contributed by atoms with Gasteiger partial charge in [-0.3, -0.25) is 0 Å². The van der Waals surface area contributed by atoms with Gasteiger partial charge in [-0.2, -0.15) is 4.98 Å². The van der Waals surface area contributed by atoms with Crippen molar-refractivity contribution < 1.29 is 9.26 Å². The largest absolute Gasteiger partial charge is 0.371 e. The molecule has 1 heterocycles. The summed E-state index contributed by atoms with van der Waals surface area (Å²) < 4.78 is 10.5. The number of aromatic nitrogens is 2. The Labute approximate surface area is 96.4 Å². The third kappa shape index (κ3) is 2.59. The molecule has 0 aliphatic carbocycles. The zero-order valence-electron chi connectivity index (χ0n) is 10.9. The van der Waals surface area contributed by atoms with Gasteiger partial charge in [-0.15, -0.1) is 0 Å². The topological polar surface area (TPSA) is 74.2 Å². The summed E-state index contributed by atoms with van der Waals surface area (Å²) in [5.41, 5.74) is 5.37. The second-order valence-corrected chi connectivity index (χ2v) is 5.51. The van der Waals surface area contributed by atoms with Crippen LogP contribution in [0.5, 0.6) is 0 Å². The number of hydrogen-bond donors (Lipinski definition) is 1. The van der Waals surface area contributed by atoms with Crippen LogP contribution in [0.15, 0.2) is 4.52 Å². The molecule has 0 saturated carbocycles. The molecule has 16 heavy (non-hydrogen) atoms. The van der Waals surface area contributed by atoms with Crippen LogP contribution in [0.3, 0.4) is 0 Å². The van der Waals surface area contributed by atoms with Crippen molar-refractivity contribution in [1.82, 2.24) is 10.1 Å². The maximum atomic E-state index is 6.03. The molecule has 92 valence electrons. The molecule has 1 aromatic rings. The first-order valence-electron chi connectivity index (χ1n) is 5.33. The molecule has 2 N–H and O–H groups in total. The van der Waals surface area contributed by atoms with E-state index in [9.17, 15) is 0 Å². The highest BCUT2D eigenvalue weighted by molar-refractivity contribution is 5.01. The summed E-state index contributed by atoms with van der Waals surface area (Å²) in [7, 11) is 1.61. The highest BCUT2D eigenvalue weighted by Gasteiger charge is 2.31. The molecule has 1 atom stereocenters. The SMILES string of the molecule is COC(C)(C)c1noc([C@H](N)C(C)(C)C)n1. The van der Waals surface area contributed by atoms with Crippen molar-refractivity contribution in [2.45, 2.75) is 46.3 Å². The number of methoxy groups -OCH3 is 1. The molecule has 0 spiro atoms. The lowest BCUT2D eigenvalue weighted by Gasteiger charge is -2.23. The van der Waals surface area contributed by atoms with Gasteiger partial charge in [0.1, 0.15) is 5.60 Å². The minimum atomic E-state index is -0.556. The van der Waals surface area contributed by atoms with E-state index in [1.807, 2.05) is 34.6 Å². The molecule has 5 nitrogen and oxygen atoms in total. The first kappa shape index (κ1) is 13.1. The van der Waals surface area contributed by atoms with E-state index in [1.165, 1.54) is 0 Å². The normalized spacial score (nSPS) is 15.2. The first-order valence-corrected chi connectivity index (χ1v) is 5.33. The predicted octanol–water partition coefficient (Wildman–Crippen LogP) is 2.00. The van der Waals surface area contributed by atoms with Gasteiger partial charge in [0.05, 0.1) is 6.04 Å². The molecule has 0 unspecified atom stereocenters. The summed E-state index contributed by atoms with van der Waals surface area (Å²) in [5.74, 6) is 0.970. The Morgan fingerprint density at radius 1 is 1.25 bits per heavy atom. The second kappa shape index (κ2) is 4.14. The van der Waals surface area contributed by atoms with Gasteiger partial charge in [-0.1, -0.05) is 25.9 Å². The van der Waals surface area contributed by atoms with Crippen molar-refractivity contribution >= 4 is 0 Å². The van der Waals surface area contributed by atoms with Gasteiger partial charge < -0.3 is 15.0 Å². The van der Waals surface area contributed by atoms with E-state index in [1.54, 1.807) is 7.11 Å². The number of rotatable bonds is 3. The molecule has 0 radical (unpaired) electrons. The first-order chi connectivity index (χ1) is 7.18. The lowest BCUT2D eigenvalue weighted by atomic mass is 9.87. The van der Waals surface area contributed by atoms with E-state index < -0.39 is 5.60 Å². The Bertz CT molecular complexity index is 352. The van der Waals surface area contributed by atoms with Gasteiger partial charge in [0.25, 0.3) is 0 Å². The van der Waals surface area contributed by atoms with Crippen molar-refractivity contribution in [3.8, 4) is 0 Å². The fourth-order valence-corrected chi connectivity index (χ4v) is 1.07. The monoisotopic (exact) mass is 227 g/mol. The Balaban J connectivity index is 2.96. The van der Waals surface area contributed by atoms with E-state index in [0.717, 1.165) is 0 Å². The van der Waals surface area contributed by atoms with Crippen molar-refractivity contribution in [2.24, 2.45) is 11.1 Å². The molecule has 5 heteroatoms. The van der Waals surface area contributed by atoms with Crippen molar-refractivity contribution in [2.75, 3.05) is 7.11 Å². The minimum absolute atomic E-state index is 0.110. The number of hydrogen-bond acceptors (Lipinski definition) is 5. The van der Waals surface area contributed by atoms with Crippen LogP contribution in [-0.2, 0) is 10.3 Å². The van der Waals surface area contributed by atoms with E-state index >= 15 is 0 Å². The average Bonchev–Trinajstić information content (AvgIpc) is 2.64. The number of nitrogens with two attached hydrogens (primary N) is 1. The molecule has 1 aromatic heterocycles. The van der Waals surface area contributed by atoms with Gasteiger partial charge in [0, 0.05) is 7.11 Å². The van der Waals surface area contributed by atoms with E-state index in [0.29, 0.717) is 11.7 Å². The third-order valence-electron chi connectivity index (χ3n) is 2.69. The van der Waals surface area contributed by atoms with Crippen molar-refractivity contribution in [3.05, 3.63) is 11.7 Å². The lowest BCUT2D eigenvalue weighted by Crippen LogP contribution is -2.27. The Kier molecular flexibility index (Phi) is 3.40. The highest BCUT2D eigenvalue weighted by atomic mass is 16.5. The molecule has 0 aromatic carbocycles. The highest BCUT2D eigenvalue weighted by Crippen LogP contribution is 2.30. The quantitative estimate of drug-likeness (QED) is 0.854. The maximum absolute atomic E-state index is 6.03. The molecule has 0 aliphatic rings. The van der Waals surface area contributed by atoms with E-state index in [4.69, 9.17) is 15.0 Å². The van der Waals surface area contributed by atoms with Crippen LogP contribution in [0.1, 0.15) is 52.4 Å². The number of ether oxygens (including phenoxy) is 1. The van der Waals surface area contributed by atoms with Crippen LogP contribution in [0.2, 0.25) is 0 Å². The zero-order chi connectivity index (χ0) is 12.6. The van der Waals surface area contributed by atoms with Gasteiger partial charge >= 0.3 is 0 Å².